The zero-order valence-electron chi connectivity index (χ0n) is 13.4. The van der Waals surface area contributed by atoms with E-state index in [1.807, 2.05) is 12.2 Å². The molecule has 0 saturated carbocycles. The zero-order chi connectivity index (χ0) is 17.3. The molecule has 0 unspecified atom stereocenters. The van der Waals surface area contributed by atoms with Crippen LogP contribution in [0.25, 0.3) is 6.08 Å². The number of allylic oxidation sites excluding steroid dienone is 5. The van der Waals surface area contributed by atoms with Crippen molar-refractivity contribution in [2.75, 3.05) is 0 Å². The number of rotatable bonds is 4. The highest BCUT2D eigenvalue weighted by molar-refractivity contribution is 6.29. The number of nitrogens with zero attached hydrogens (tertiary/aromatic N) is 2. The molecule has 0 radical (unpaired) electrons. The molecular formula is C17H20ClN3O3. The summed E-state index contributed by atoms with van der Waals surface area (Å²) in [5.41, 5.74) is 5.38. The van der Waals surface area contributed by atoms with E-state index in [0.717, 1.165) is 29.1 Å². The second-order valence-corrected chi connectivity index (χ2v) is 6.93. The SMILES string of the molecule is C[C@H]1CC(NO)=Cc2c(N=O)c(O)n(CC3=CC=C(Cl)CC3)c2C1. The fraction of sp³-hybridized carbons (Fsp3) is 0.412. The fourth-order valence-corrected chi connectivity index (χ4v) is 3.53. The van der Waals surface area contributed by atoms with Crippen LogP contribution >= 0.6 is 11.6 Å². The number of hydrogen-bond acceptors (Lipinski definition) is 5. The maximum absolute atomic E-state index is 11.3. The van der Waals surface area contributed by atoms with E-state index in [4.69, 9.17) is 11.6 Å². The Balaban J connectivity index is 2.07. The number of nitrogens with one attached hydrogen (secondary N) is 1. The molecule has 0 saturated heterocycles. The van der Waals surface area contributed by atoms with Crippen molar-refractivity contribution < 1.29 is 10.3 Å². The molecule has 6 nitrogen and oxygen atoms in total. The average molecular weight is 350 g/mol. The van der Waals surface area contributed by atoms with Crippen LogP contribution in [0, 0.1) is 10.8 Å². The van der Waals surface area contributed by atoms with Gasteiger partial charge in [-0.15, -0.1) is 4.91 Å². The lowest BCUT2D eigenvalue weighted by atomic mass is 10.0. The molecule has 1 atom stereocenters. The predicted molar refractivity (Wildman–Crippen MR) is 93.2 cm³/mol. The van der Waals surface area contributed by atoms with Gasteiger partial charge in [0.1, 0.15) is 0 Å². The number of halogens is 1. The molecule has 0 amide bonds. The first-order chi connectivity index (χ1) is 11.5. The largest absolute Gasteiger partial charge is 0.493 e. The lowest BCUT2D eigenvalue weighted by molar-refractivity contribution is 0.194. The van der Waals surface area contributed by atoms with Crippen LogP contribution in [0.2, 0.25) is 0 Å². The van der Waals surface area contributed by atoms with Gasteiger partial charge >= 0.3 is 0 Å². The quantitative estimate of drug-likeness (QED) is 0.557. The minimum Gasteiger partial charge on any atom is -0.493 e. The summed E-state index contributed by atoms with van der Waals surface area (Å²) < 4.78 is 1.75. The highest BCUT2D eigenvalue weighted by Gasteiger charge is 2.27. The van der Waals surface area contributed by atoms with E-state index < -0.39 is 0 Å². The number of hydroxylamine groups is 1. The van der Waals surface area contributed by atoms with Crippen LogP contribution in [0.5, 0.6) is 5.88 Å². The summed E-state index contributed by atoms with van der Waals surface area (Å²) >= 11 is 6.00. The third-order valence-electron chi connectivity index (χ3n) is 4.57. The van der Waals surface area contributed by atoms with E-state index >= 15 is 0 Å². The molecule has 1 heterocycles. The molecule has 0 bridgehead atoms. The van der Waals surface area contributed by atoms with Crippen LogP contribution in [0.3, 0.4) is 0 Å². The van der Waals surface area contributed by atoms with Crippen molar-refractivity contribution in [3.8, 4) is 5.88 Å². The van der Waals surface area contributed by atoms with Gasteiger partial charge in [-0.1, -0.05) is 30.2 Å². The van der Waals surface area contributed by atoms with Gasteiger partial charge in [-0.3, -0.25) is 10.7 Å². The van der Waals surface area contributed by atoms with E-state index in [-0.39, 0.29) is 17.5 Å². The smallest absolute Gasteiger partial charge is 0.222 e. The fourth-order valence-electron chi connectivity index (χ4n) is 3.37. The topological polar surface area (TPSA) is 86.8 Å². The van der Waals surface area contributed by atoms with Crippen molar-refractivity contribution in [2.24, 2.45) is 11.1 Å². The Hall–Kier alpha value is -2.05. The van der Waals surface area contributed by atoms with E-state index in [0.29, 0.717) is 30.6 Å². The Morgan fingerprint density at radius 1 is 1.38 bits per heavy atom. The maximum atomic E-state index is 11.3. The van der Waals surface area contributed by atoms with Gasteiger partial charge in [0.05, 0.1) is 0 Å². The number of aromatic hydroxyl groups is 1. The Kier molecular flexibility index (Phi) is 4.78. The minimum absolute atomic E-state index is 0.0248. The van der Waals surface area contributed by atoms with Crippen LogP contribution in [-0.2, 0) is 13.0 Å². The first-order valence-electron chi connectivity index (χ1n) is 7.96. The number of aromatic nitrogens is 1. The Bertz CT molecular complexity index is 762. The highest BCUT2D eigenvalue weighted by atomic mass is 35.5. The molecule has 2 aliphatic rings. The molecule has 2 aliphatic carbocycles. The third-order valence-corrected chi connectivity index (χ3v) is 4.88. The van der Waals surface area contributed by atoms with Crippen molar-refractivity contribution in [2.45, 2.75) is 39.2 Å². The van der Waals surface area contributed by atoms with Gasteiger partial charge in [-0.2, -0.15) is 0 Å². The van der Waals surface area contributed by atoms with Crippen molar-refractivity contribution in [1.29, 1.82) is 0 Å². The molecule has 1 aromatic rings. The van der Waals surface area contributed by atoms with E-state index in [2.05, 4.69) is 17.6 Å². The third kappa shape index (κ3) is 3.12. The predicted octanol–water partition coefficient (Wildman–Crippen LogP) is 4.34. The van der Waals surface area contributed by atoms with Crippen molar-refractivity contribution in [1.82, 2.24) is 10.0 Å². The molecule has 3 N–H and O–H groups in total. The zero-order valence-corrected chi connectivity index (χ0v) is 14.2. The van der Waals surface area contributed by atoms with E-state index in [1.165, 1.54) is 0 Å². The first kappa shape index (κ1) is 16.8. The number of hydrogen-bond donors (Lipinski definition) is 3. The molecule has 0 fully saturated rings. The Morgan fingerprint density at radius 2 is 2.17 bits per heavy atom. The molecular weight excluding hydrogens is 330 g/mol. The van der Waals surface area contributed by atoms with Gasteiger partial charge in [0.15, 0.2) is 5.69 Å². The van der Waals surface area contributed by atoms with E-state index in [9.17, 15) is 15.2 Å². The van der Waals surface area contributed by atoms with E-state index in [1.54, 1.807) is 10.6 Å². The molecule has 7 heteroatoms. The summed E-state index contributed by atoms with van der Waals surface area (Å²) in [4.78, 5) is 11.3. The van der Waals surface area contributed by atoms with Gasteiger partial charge in [0, 0.05) is 28.5 Å². The van der Waals surface area contributed by atoms with Gasteiger partial charge in [0.25, 0.3) is 0 Å². The van der Waals surface area contributed by atoms with Crippen molar-refractivity contribution in [3.05, 3.63) is 44.6 Å². The summed E-state index contributed by atoms with van der Waals surface area (Å²) in [6.07, 6.45) is 8.47. The Morgan fingerprint density at radius 3 is 2.79 bits per heavy atom. The van der Waals surface area contributed by atoms with Gasteiger partial charge < -0.3 is 9.67 Å². The number of nitroso groups, excluding NO2 is 1. The van der Waals surface area contributed by atoms with Crippen molar-refractivity contribution in [3.63, 3.8) is 0 Å². The Labute approximate surface area is 145 Å². The molecule has 24 heavy (non-hydrogen) atoms. The van der Waals surface area contributed by atoms with Crippen LogP contribution in [-0.4, -0.2) is 14.9 Å². The normalized spacial score (nSPS) is 20.5. The molecule has 128 valence electrons. The number of fused-ring (bicyclic) bond motifs is 1. The maximum Gasteiger partial charge on any atom is 0.222 e. The summed E-state index contributed by atoms with van der Waals surface area (Å²) in [5, 5.41) is 23.6. The minimum atomic E-state index is -0.126. The summed E-state index contributed by atoms with van der Waals surface area (Å²) in [6, 6.07) is 0. The van der Waals surface area contributed by atoms with Crippen molar-refractivity contribution >= 4 is 23.4 Å². The highest BCUT2D eigenvalue weighted by Crippen LogP contribution is 2.42. The first-order valence-corrected chi connectivity index (χ1v) is 8.33. The molecule has 0 spiro atoms. The van der Waals surface area contributed by atoms with Crippen LogP contribution in [0.15, 0.2) is 33.6 Å². The van der Waals surface area contributed by atoms with Gasteiger partial charge in [-0.25, -0.2) is 0 Å². The van der Waals surface area contributed by atoms with Crippen LogP contribution in [0.1, 0.15) is 37.4 Å². The van der Waals surface area contributed by atoms with Crippen LogP contribution in [0.4, 0.5) is 5.69 Å². The van der Waals surface area contributed by atoms with Gasteiger partial charge in [0.2, 0.25) is 5.88 Å². The molecule has 0 aromatic carbocycles. The molecule has 0 aliphatic heterocycles. The second-order valence-electron chi connectivity index (χ2n) is 6.44. The second kappa shape index (κ2) is 6.83. The van der Waals surface area contributed by atoms with Gasteiger partial charge in [-0.05, 0) is 48.9 Å². The standard InChI is InChI=1S/C17H20ClN3O3/c1-10-6-13(19-23)8-14-15(7-10)21(17(22)16(14)20-24)9-11-2-4-12(18)5-3-11/h2,4,8,10,19,22-23H,3,5-7,9H2,1H3/t10-/m0/s1. The van der Waals surface area contributed by atoms with Crippen LogP contribution < -0.4 is 5.48 Å². The summed E-state index contributed by atoms with van der Waals surface area (Å²) in [7, 11) is 0. The molecule has 3 rings (SSSR count). The average Bonchev–Trinajstić information content (AvgIpc) is 2.70. The molecule has 1 aromatic heterocycles. The monoisotopic (exact) mass is 349 g/mol. The summed E-state index contributed by atoms with van der Waals surface area (Å²) in [5.74, 6) is 0.124. The lowest BCUT2D eigenvalue weighted by Crippen LogP contribution is -2.12. The summed E-state index contributed by atoms with van der Waals surface area (Å²) in [6.45, 7) is 2.55. The lowest BCUT2D eigenvalue weighted by Gasteiger charge is -2.17.